The lowest BCUT2D eigenvalue weighted by atomic mass is 10.0. The lowest BCUT2D eigenvalue weighted by Gasteiger charge is -2.18. The summed E-state index contributed by atoms with van der Waals surface area (Å²) in [6.45, 7) is 2.04. The van der Waals surface area contributed by atoms with Gasteiger partial charge in [-0.05, 0) is 25.5 Å². The Morgan fingerprint density at radius 3 is 2.90 bits per heavy atom. The molecule has 1 aliphatic heterocycles. The van der Waals surface area contributed by atoms with E-state index in [0.717, 1.165) is 12.2 Å². The van der Waals surface area contributed by atoms with Crippen molar-refractivity contribution in [2.45, 2.75) is 30.9 Å². The van der Waals surface area contributed by atoms with Gasteiger partial charge in [0.05, 0.1) is 6.42 Å². The van der Waals surface area contributed by atoms with Gasteiger partial charge in [0.25, 0.3) is 0 Å². The van der Waals surface area contributed by atoms with Gasteiger partial charge in [0.2, 0.25) is 0 Å². The minimum absolute atomic E-state index is 0.0336. The maximum Gasteiger partial charge on any atom is 0.304 e. The Balaban J connectivity index is 2.43. The second kappa shape index (κ2) is 2.82. The smallest absolute Gasteiger partial charge is 0.304 e. The molecule has 1 saturated heterocycles. The van der Waals surface area contributed by atoms with Gasteiger partial charge in [0, 0.05) is 4.75 Å². The van der Waals surface area contributed by atoms with Crippen molar-refractivity contribution in [1.29, 1.82) is 0 Å². The van der Waals surface area contributed by atoms with Crippen LogP contribution < -0.4 is 0 Å². The molecule has 1 aliphatic rings. The topological polar surface area (TPSA) is 37.3 Å². The van der Waals surface area contributed by atoms with Crippen LogP contribution in [0.3, 0.4) is 0 Å². The lowest BCUT2D eigenvalue weighted by molar-refractivity contribution is -0.137. The van der Waals surface area contributed by atoms with Crippen LogP contribution in [0.15, 0.2) is 0 Å². The average Bonchev–Trinajstić information content (AvgIpc) is 2.12. The molecule has 58 valence electrons. The molecule has 2 nitrogen and oxygen atoms in total. The molecule has 0 bridgehead atoms. The maximum absolute atomic E-state index is 10.3. The number of rotatable bonds is 2. The highest BCUT2D eigenvalue weighted by molar-refractivity contribution is 8.00. The van der Waals surface area contributed by atoms with Gasteiger partial charge in [0.1, 0.15) is 0 Å². The maximum atomic E-state index is 10.3. The number of carboxylic acid groups (broad SMARTS) is 1. The highest BCUT2D eigenvalue weighted by atomic mass is 32.2. The van der Waals surface area contributed by atoms with E-state index >= 15 is 0 Å². The van der Waals surface area contributed by atoms with E-state index in [2.05, 4.69) is 0 Å². The molecule has 0 aromatic heterocycles. The summed E-state index contributed by atoms with van der Waals surface area (Å²) in [6.07, 6.45) is 2.55. The zero-order chi connectivity index (χ0) is 7.61. The molecule has 1 N–H and O–H groups in total. The molecular formula is C7H12O2S. The van der Waals surface area contributed by atoms with Crippen molar-refractivity contribution in [2.24, 2.45) is 0 Å². The summed E-state index contributed by atoms with van der Waals surface area (Å²) in [5.74, 6) is 0.459. The Hall–Kier alpha value is -0.180. The first-order valence-electron chi connectivity index (χ1n) is 3.48. The third-order valence-corrected chi connectivity index (χ3v) is 3.36. The van der Waals surface area contributed by atoms with E-state index in [4.69, 9.17) is 5.11 Å². The van der Waals surface area contributed by atoms with Crippen LogP contribution in [0.4, 0.5) is 0 Å². The van der Waals surface area contributed by atoms with Gasteiger partial charge in [0.15, 0.2) is 0 Å². The van der Waals surface area contributed by atoms with Crippen molar-refractivity contribution in [1.82, 2.24) is 0 Å². The van der Waals surface area contributed by atoms with E-state index in [1.54, 1.807) is 11.8 Å². The van der Waals surface area contributed by atoms with Crippen molar-refractivity contribution >= 4 is 17.7 Å². The molecule has 1 unspecified atom stereocenters. The molecule has 0 aromatic rings. The van der Waals surface area contributed by atoms with Crippen molar-refractivity contribution in [3.05, 3.63) is 0 Å². The molecule has 0 amide bonds. The number of carboxylic acids is 1. The highest BCUT2D eigenvalue weighted by Gasteiger charge is 2.31. The van der Waals surface area contributed by atoms with Crippen LogP contribution in [0, 0.1) is 0 Å². The summed E-state index contributed by atoms with van der Waals surface area (Å²) >= 11 is 1.79. The summed E-state index contributed by atoms with van der Waals surface area (Å²) < 4.78 is 0.0336. The van der Waals surface area contributed by atoms with Gasteiger partial charge in [-0.3, -0.25) is 4.79 Å². The van der Waals surface area contributed by atoms with Crippen LogP contribution in [-0.4, -0.2) is 21.6 Å². The number of hydrogen-bond donors (Lipinski definition) is 1. The second-order valence-electron chi connectivity index (χ2n) is 2.97. The zero-order valence-corrected chi connectivity index (χ0v) is 6.91. The SMILES string of the molecule is CC1(CC(=O)O)CCCS1. The number of thioether (sulfide) groups is 1. The van der Waals surface area contributed by atoms with E-state index in [1.165, 1.54) is 6.42 Å². The Kier molecular flexibility index (Phi) is 2.24. The van der Waals surface area contributed by atoms with E-state index in [-0.39, 0.29) is 4.75 Å². The summed E-state index contributed by atoms with van der Waals surface area (Å²) in [6, 6.07) is 0. The van der Waals surface area contributed by atoms with E-state index in [0.29, 0.717) is 6.42 Å². The molecule has 0 spiro atoms. The van der Waals surface area contributed by atoms with Gasteiger partial charge >= 0.3 is 5.97 Å². The molecule has 0 radical (unpaired) electrons. The van der Waals surface area contributed by atoms with Crippen LogP contribution >= 0.6 is 11.8 Å². The standard InChI is InChI=1S/C7H12O2S/c1-7(5-6(8)9)3-2-4-10-7/h2-5H2,1H3,(H,8,9). The minimum atomic E-state index is -0.670. The minimum Gasteiger partial charge on any atom is -0.481 e. The first kappa shape index (κ1) is 7.92. The van der Waals surface area contributed by atoms with Gasteiger partial charge in [-0.15, -0.1) is 0 Å². The molecule has 10 heavy (non-hydrogen) atoms. The van der Waals surface area contributed by atoms with E-state index in [9.17, 15) is 4.79 Å². The quantitative estimate of drug-likeness (QED) is 0.668. The molecule has 1 heterocycles. The molecule has 0 aromatic carbocycles. The summed E-state index contributed by atoms with van der Waals surface area (Å²) in [7, 11) is 0. The zero-order valence-electron chi connectivity index (χ0n) is 6.09. The van der Waals surface area contributed by atoms with Crippen molar-refractivity contribution in [3.8, 4) is 0 Å². The van der Waals surface area contributed by atoms with Crippen LogP contribution in [0.2, 0.25) is 0 Å². The Morgan fingerprint density at radius 1 is 1.80 bits per heavy atom. The summed E-state index contributed by atoms with van der Waals surface area (Å²) in [5.41, 5.74) is 0. The Morgan fingerprint density at radius 2 is 2.50 bits per heavy atom. The van der Waals surface area contributed by atoms with Crippen molar-refractivity contribution < 1.29 is 9.90 Å². The fraction of sp³-hybridized carbons (Fsp3) is 0.857. The fourth-order valence-electron chi connectivity index (χ4n) is 1.30. The molecule has 0 saturated carbocycles. The monoisotopic (exact) mass is 160 g/mol. The first-order valence-corrected chi connectivity index (χ1v) is 4.47. The second-order valence-corrected chi connectivity index (χ2v) is 4.65. The van der Waals surface area contributed by atoms with Gasteiger partial charge in [-0.2, -0.15) is 11.8 Å². The summed E-state index contributed by atoms with van der Waals surface area (Å²) in [4.78, 5) is 10.3. The largest absolute Gasteiger partial charge is 0.481 e. The van der Waals surface area contributed by atoms with Crippen LogP contribution in [0.25, 0.3) is 0 Å². The highest BCUT2D eigenvalue weighted by Crippen LogP contribution is 2.40. The third kappa shape index (κ3) is 1.90. The number of carbonyl (C=O) groups is 1. The third-order valence-electron chi connectivity index (χ3n) is 1.83. The van der Waals surface area contributed by atoms with Crippen molar-refractivity contribution in [2.75, 3.05) is 5.75 Å². The predicted octanol–water partition coefficient (Wildman–Crippen LogP) is 1.75. The van der Waals surface area contributed by atoms with Gasteiger partial charge < -0.3 is 5.11 Å². The fourth-order valence-corrected chi connectivity index (χ4v) is 2.59. The molecule has 1 atom stereocenters. The van der Waals surface area contributed by atoms with Crippen LogP contribution in [-0.2, 0) is 4.79 Å². The molecule has 1 fully saturated rings. The van der Waals surface area contributed by atoms with Gasteiger partial charge in [-0.1, -0.05) is 0 Å². The van der Waals surface area contributed by atoms with Gasteiger partial charge in [-0.25, -0.2) is 0 Å². The van der Waals surface area contributed by atoms with Crippen LogP contribution in [0.5, 0.6) is 0 Å². The molecule has 0 aliphatic carbocycles. The van der Waals surface area contributed by atoms with Crippen LogP contribution in [0.1, 0.15) is 26.2 Å². The van der Waals surface area contributed by atoms with Crippen molar-refractivity contribution in [3.63, 3.8) is 0 Å². The Labute approximate surface area is 65.0 Å². The predicted molar refractivity (Wildman–Crippen MR) is 42.3 cm³/mol. The summed E-state index contributed by atoms with van der Waals surface area (Å²) in [5, 5.41) is 8.53. The number of aliphatic carboxylic acids is 1. The lowest BCUT2D eigenvalue weighted by Crippen LogP contribution is -2.20. The van der Waals surface area contributed by atoms with E-state index in [1.807, 2.05) is 6.92 Å². The molecule has 3 heteroatoms. The Bertz CT molecular complexity index is 139. The first-order chi connectivity index (χ1) is 4.62. The molecule has 1 rings (SSSR count). The average molecular weight is 160 g/mol. The number of hydrogen-bond acceptors (Lipinski definition) is 2. The normalized spacial score (nSPS) is 32.5. The van der Waals surface area contributed by atoms with E-state index < -0.39 is 5.97 Å². The molecular weight excluding hydrogens is 148 g/mol.